The molecule has 2 heterocycles. The molecule has 186 valence electrons. The first-order valence-electron chi connectivity index (χ1n) is 12.2. The van der Waals surface area contributed by atoms with Crippen LogP contribution < -0.4 is 4.74 Å². The summed E-state index contributed by atoms with van der Waals surface area (Å²) in [6, 6.07) is 27.8. The van der Waals surface area contributed by atoms with Crippen LogP contribution in [0.5, 0.6) is 5.75 Å². The van der Waals surface area contributed by atoms with Crippen LogP contribution in [0, 0.1) is 6.92 Å². The lowest BCUT2D eigenvalue weighted by molar-refractivity contribution is -0.139. The smallest absolute Gasteiger partial charge is 0.310 e. The third-order valence-electron chi connectivity index (χ3n) is 6.19. The minimum absolute atomic E-state index is 0.186. The first-order chi connectivity index (χ1) is 18.1. The van der Waals surface area contributed by atoms with E-state index in [0.29, 0.717) is 18.9 Å². The zero-order valence-corrected chi connectivity index (χ0v) is 20.9. The fourth-order valence-corrected chi connectivity index (χ4v) is 4.26. The van der Waals surface area contributed by atoms with Crippen molar-refractivity contribution in [3.8, 4) is 34.0 Å². The maximum Gasteiger partial charge on any atom is 0.310 e. The second-order valence-electron chi connectivity index (χ2n) is 8.71. The van der Waals surface area contributed by atoms with Crippen LogP contribution in [-0.2, 0) is 22.4 Å². The number of oxazole rings is 1. The highest BCUT2D eigenvalue weighted by atomic mass is 16.5. The van der Waals surface area contributed by atoms with Crippen molar-refractivity contribution in [2.24, 2.45) is 0 Å². The van der Waals surface area contributed by atoms with Gasteiger partial charge in [0, 0.05) is 35.6 Å². The van der Waals surface area contributed by atoms with Gasteiger partial charge in [0.05, 0.1) is 25.8 Å². The van der Waals surface area contributed by atoms with Gasteiger partial charge in [-0.05, 0) is 54.4 Å². The Labute approximate surface area is 216 Å². The lowest BCUT2D eigenvalue weighted by Crippen LogP contribution is -2.05. The molecule has 6 heteroatoms. The summed E-state index contributed by atoms with van der Waals surface area (Å²) in [6.45, 7) is 2.39. The van der Waals surface area contributed by atoms with Gasteiger partial charge in [0.25, 0.3) is 0 Å². The maximum atomic E-state index is 12.1. The highest BCUT2D eigenvalue weighted by Gasteiger charge is 2.15. The standard InChI is InChI=1S/C31H28N2O4/c1-22-29(32-31(37-22)23-10-5-3-6-11-23)16-17-36-27-15-9-12-24(18-27)28-21-33(26-13-7-4-8-14-26)20-25(28)19-30(34)35-2/h3-15,18,20-21H,16-17,19H2,1-2H3. The second kappa shape index (κ2) is 11.0. The van der Waals surface area contributed by atoms with Crippen LogP contribution in [0.4, 0.5) is 0 Å². The molecule has 0 aliphatic heterocycles. The molecule has 5 rings (SSSR count). The maximum absolute atomic E-state index is 12.1. The Morgan fingerprint density at radius 1 is 0.919 bits per heavy atom. The molecule has 0 N–H and O–H groups in total. The normalized spacial score (nSPS) is 10.9. The highest BCUT2D eigenvalue weighted by molar-refractivity contribution is 5.78. The van der Waals surface area contributed by atoms with Crippen LogP contribution >= 0.6 is 0 Å². The van der Waals surface area contributed by atoms with Crippen LogP contribution in [0.15, 0.2) is 102 Å². The summed E-state index contributed by atoms with van der Waals surface area (Å²) in [6.07, 6.45) is 4.83. The van der Waals surface area contributed by atoms with Crippen molar-refractivity contribution in [3.05, 3.63) is 114 Å². The quantitative estimate of drug-likeness (QED) is 0.221. The van der Waals surface area contributed by atoms with Crippen molar-refractivity contribution in [3.63, 3.8) is 0 Å². The fourth-order valence-electron chi connectivity index (χ4n) is 4.26. The number of para-hydroxylation sites is 1. The summed E-state index contributed by atoms with van der Waals surface area (Å²) in [5.41, 5.74) is 5.67. The first-order valence-corrected chi connectivity index (χ1v) is 12.2. The van der Waals surface area contributed by atoms with Gasteiger partial charge in [-0.3, -0.25) is 4.79 Å². The third kappa shape index (κ3) is 5.64. The summed E-state index contributed by atoms with van der Waals surface area (Å²) in [4.78, 5) is 16.8. The van der Waals surface area contributed by atoms with E-state index in [1.165, 1.54) is 7.11 Å². The number of carbonyl (C=O) groups is 1. The highest BCUT2D eigenvalue weighted by Crippen LogP contribution is 2.30. The van der Waals surface area contributed by atoms with Gasteiger partial charge in [0.1, 0.15) is 11.5 Å². The lowest BCUT2D eigenvalue weighted by Gasteiger charge is -2.08. The summed E-state index contributed by atoms with van der Waals surface area (Å²) in [5, 5.41) is 0. The van der Waals surface area contributed by atoms with Crippen molar-refractivity contribution in [1.82, 2.24) is 9.55 Å². The largest absolute Gasteiger partial charge is 0.493 e. The summed E-state index contributed by atoms with van der Waals surface area (Å²) in [5.74, 6) is 1.89. The van der Waals surface area contributed by atoms with Crippen molar-refractivity contribution in [2.45, 2.75) is 19.8 Å². The Kier molecular flexibility index (Phi) is 7.17. The van der Waals surface area contributed by atoms with Crippen molar-refractivity contribution in [2.75, 3.05) is 13.7 Å². The number of hydrogen-bond donors (Lipinski definition) is 0. The number of ether oxygens (including phenoxy) is 2. The number of carbonyl (C=O) groups excluding carboxylic acids is 1. The number of nitrogens with zero attached hydrogens (tertiary/aromatic N) is 2. The molecule has 0 saturated carbocycles. The van der Waals surface area contributed by atoms with Gasteiger partial charge in [0.2, 0.25) is 5.89 Å². The number of aryl methyl sites for hydroxylation is 1. The predicted molar refractivity (Wildman–Crippen MR) is 143 cm³/mol. The number of hydrogen-bond acceptors (Lipinski definition) is 5. The predicted octanol–water partition coefficient (Wildman–Crippen LogP) is 6.44. The molecule has 0 radical (unpaired) electrons. The van der Waals surface area contributed by atoms with E-state index in [4.69, 9.17) is 13.9 Å². The monoisotopic (exact) mass is 492 g/mol. The zero-order chi connectivity index (χ0) is 25.6. The second-order valence-corrected chi connectivity index (χ2v) is 8.71. The van der Waals surface area contributed by atoms with Crippen LogP contribution in [0.1, 0.15) is 17.0 Å². The molecule has 0 unspecified atom stereocenters. The van der Waals surface area contributed by atoms with E-state index in [9.17, 15) is 4.79 Å². The van der Waals surface area contributed by atoms with Crippen molar-refractivity contribution < 1.29 is 18.7 Å². The van der Waals surface area contributed by atoms with E-state index < -0.39 is 0 Å². The Morgan fingerprint density at radius 3 is 2.41 bits per heavy atom. The summed E-state index contributed by atoms with van der Waals surface area (Å²) >= 11 is 0. The summed E-state index contributed by atoms with van der Waals surface area (Å²) in [7, 11) is 1.41. The molecular weight excluding hydrogens is 464 g/mol. The van der Waals surface area contributed by atoms with E-state index in [-0.39, 0.29) is 12.4 Å². The number of rotatable bonds is 9. The molecular formula is C31H28N2O4. The van der Waals surface area contributed by atoms with Crippen molar-refractivity contribution in [1.29, 1.82) is 0 Å². The first kappa shape index (κ1) is 24.1. The van der Waals surface area contributed by atoms with Gasteiger partial charge in [-0.2, -0.15) is 0 Å². The SMILES string of the molecule is COC(=O)Cc1cn(-c2ccccc2)cc1-c1cccc(OCCc2nc(-c3ccccc3)oc2C)c1. The molecule has 0 aliphatic rings. The Bertz CT molecular complexity index is 1490. The lowest BCUT2D eigenvalue weighted by atomic mass is 10.0. The van der Waals surface area contributed by atoms with Gasteiger partial charge >= 0.3 is 5.97 Å². The van der Waals surface area contributed by atoms with Gasteiger partial charge in [0.15, 0.2) is 0 Å². The summed E-state index contributed by atoms with van der Waals surface area (Å²) < 4.78 is 18.9. The molecule has 0 bridgehead atoms. The molecule has 2 aromatic heterocycles. The van der Waals surface area contributed by atoms with Gasteiger partial charge < -0.3 is 18.5 Å². The molecule has 5 aromatic rings. The molecule has 0 spiro atoms. The molecule has 0 saturated heterocycles. The van der Waals surface area contributed by atoms with Gasteiger partial charge in [-0.1, -0.05) is 48.5 Å². The molecule has 6 nitrogen and oxygen atoms in total. The van der Waals surface area contributed by atoms with E-state index in [1.807, 2.05) is 109 Å². The zero-order valence-electron chi connectivity index (χ0n) is 20.9. The molecule has 0 aliphatic carbocycles. The average molecular weight is 493 g/mol. The average Bonchev–Trinajstić information content (AvgIpc) is 3.53. The van der Waals surface area contributed by atoms with E-state index >= 15 is 0 Å². The molecule has 3 aromatic carbocycles. The number of methoxy groups -OCH3 is 1. The van der Waals surface area contributed by atoms with E-state index in [2.05, 4.69) is 4.98 Å². The minimum Gasteiger partial charge on any atom is -0.493 e. The molecule has 0 atom stereocenters. The van der Waals surface area contributed by atoms with Gasteiger partial charge in [-0.15, -0.1) is 0 Å². The number of benzene rings is 3. The van der Waals surface area contributed by atoms with Gasteiger partial charge in [-0.25, -0.2) is 4.98 Å². The van der Waals surface area contributed by atoms with Crippen LogP contribution in [0.3, 0.4) is 0 Å². The minimum atomic E-state index is -0.280. The number of aromatic nitrogens is 2. The Morgan fingerprint density at radius 2 is 1.65 bits per heavy atom. The Hall–Kier alpha value is -4.58. The molecule has 37 heavy (non-hydrogen) atoms. The third-order valence-corrected chi connectivity index (χ3v) is 6.19. The van der Waals surface area contributed by atoms with E-state index in [0.717, 1.165) is 45.1 Å². The van der Waals surface area contributed by atoms with Crippen LogP contribution in [0.25, 0.3) is 28.3 Å². The fraction of sp³-hybridized carbons (Fsp3) is 0.161. The number of esters is 1. The van der Waals surface area contributed by atoms with Crippen molar-refractivity contribution >= 4 is 5.97 Å². The topological polar surface area (TPSA) is 66.5 Å². The molecule has 0 amide bonds. The van der Waals surface area contributed by atoms with Crippen LogP contribution in [0.2, 0.25) is 0 Å². The Balaban J connectivity index is 1.33. The van der Waals surface area contributed by atoms with Crippen LogP contribution in [-0.4, -0.2) is 29.2 Å². The van der Waals surface area contributed by atoms with E-state index in [1.54, 1.807) is 0 Å². The molecule has 0 fully saturated rings.